The summed E-state index contributed by atoms with van der Waals surface area (Å²) in [4.78, 5) is 17.3. The molecule has 0 aliphatic carbocycles. The van der Waals surface area contributed by atoms with E-state index in [9.17, 15) is 4.79 Å². The minimum atomic E-state index is -0.783. The first-order valence-electron chi connectivity index (χ1n) is 9.51. The van der Waals surface area contributed by atoms with E-state index in [1.807, 2.05) is 18.2 Å². The van der Waals surface area contributed by atoms with Gasteiger partial charge in [-0.2, -0.15) is 0 Å². The molecule has 0 aromatic heterocycles. The van der Waals surface area contributed by atoms with Crippen molar-refractivity contribution in [3.05, 3.63) is 28.2 Å². The van der Waals surface area contributed by atoms with Crippen molar-refractivity contribution in [2.45, 2.75) is 19.3 Å². The molecule has 6 nitrogen and oxygen atoms in total. The SMILES string of the molecule is CN.O=C(O)N1CCC(CCN2CCN(c3cccc(Cl)c3Cl)CC2)CC1. The molecule has 2 heterocycles. The van der Waals surface area contributed by atoms with E-state index in [0.717, 1.165) is 57.7 Å². The lowest BCUT2D eigenvalue weighted by Gasteiger charge is -2.37. The van der Waals surface area contributed by atoms with E-state index < -0.39 is 6.09 Å². The molecular weight excluding hydrogens is 387 g/mol. The van der Waals surface area contributed by atoms with E-state index >= 15 is 0 Å². The minimum Gasteiger partial charge on any atom is -0.465 e. The summed E-state index contributed by atoms with van der Waals surface area (Å²) in [5, 5.41) is 10.3. The molecule has 3 rings (SSSR count). The average Bonchev–Trinajstić information content (AvgIpc) is 2.71. The molecule has 0 bridgehead atoms. The van der Waals surface area contributed by atoms with Gasteiger partial charge in [0.2, 0.25) is 0 Å². The molecule has 0 atom stereocenters. The number of piperazine rings is 1. The van der Waals surface area contributed by atoms with Crippen molar-refractivity contribution < 1.29 is 9.90 Å². The predicted molar refractivity (Wildman–Crippen MR) is 112 cm³/mol. The Balaban J connectivity index is 0.00000126. The lowest BCUT2D eigenvalue weighted by Crippen LogP contribution is -2.47. The van der Waals surface area contributed by atoms with Gasteiger partial charge in [0.05, 0.1) is 15.7 Å². The number of likely N-dealkylation sites (tertiary alicyclic amines) is 1. The van der Waals surface area contributed by atoms with E-state index in [0.29, 0.717) is 29.1 Å². The van der Waals surface area contributed by atoms with Gasteiger partial charge in [0, 0.05) is 39.3 Å². The standard InChI is InChI=1S/C18H25Cl2N3O2.CH5N/c19-15-2-1-3-16(17(15)20)22-12-10-21(11-13-22)7-4-14-5-8-23(9-6-14)18(24)25;1-2/h1-3,14H,4-13H2,(H,24,25);2H2,1H3. The fourth-order valence-corrected chi connectivity index (χ4v) is 4.14. The maximum atomic E-state index is 11.0. The van der Waals surface area contributed by atoms with Crippen LogP contribution in [0.3, 0.4) is 0 Å². The van der Waals surface area contributed by atoms with Gasteiger partial charge in [-0.15, -0.1) is 0 Å². The van der Waals surface area contributed by atoms with Crippen molar-refractivity contribution in [3.8, 4) is 0 Å². The van der Waals surface area contributed by atoms with E-state index in [1.165, 1.54) is 11.9 Å². The third-order valence-electron chi connectivity index (χ3n) is 5.38. The summed E-state index contributed by atoms with van der Waals surface area (Å²) in [6, 6.07) is 5.79. The van der Waals surface area contributed by atoms with Gasteiger partial charge in [-0.1, -0.05) is 29.3 Å². The molecule has 2 fully saturated rings. The van der Waals surface area contributed by atoms with Gasteiger partial charge < -0.3 is 20.6 Å². The van der Waals surface area contributed by atoms with E-state index in [2.05, 4.69) is 15.5 Å². The second kappa shape index (κ2) is 11.0. The van der Waals surface area contributed by atoms with Crippen LogP contribution in [0.5, 0.6) is 0 Å². The number of carbonyl (C=O) groups is 1. The minimum absolute atomic E-state index is 0.606. The van der Waals surface area contributed by atoms with Crippen LogP contribution in [0.4, 0.5) is 10.5 Å². The van der Waals surface area contributed by atoms with E-state index in [-0.39, 0.29) is 0 Å². The molecule has 0 radical (unpaired) electrons. The molecule has 3 N–H and O–H groups in total. The summed E-state index contributed by atoms with van der Waals surface area (Å²) >= 11 is 12.4. The number of carboxylic acid groups (broad SMARTS) is 1. The van der Waals surface area contributed by atoms with Gasteiger partial charge in [0.25, 0.3) is 0 Å². The normalized spacial score (nSPS) is 18.8. The van der Waals surface area contributed by atoms with Crippen LogP contribution in [0.1, 0.15) is 19.3 Å². The number of nitrogens with zero attached hydrogens (tertiary/aromatic N) is 3. The fourth-order valence-electron chi connectivity index (χ4n) is 3.73. The lowest BCUT2D eigenvalue weighted by molar-refractivity contribution is 0.119. The van der Waals surface area contributed by atoms with Crippen LogP contribution in [0.15, 0.2) is 18.2 Å². The van der Waals surface area contributed by atoms with Crippen LogP contribution in [-0.4, -0.2) is 73.9 Å². The maximum Gasteiger partial charge on any atom is 0.407 e. The first-order chi connectivity index (χ1) is 13.0. The van der Waals surface area contributed by atoms with Gasteiger partial charge in [-0.05, 0) is 50.9 Å². The molecule has 2 saturated heterocycles. The smallest absolute Gasteiger partial charge is 0.407 e. The molecule has 0 spiro atoms. The lowest BCUT2D eigenvalue weighted by atomic mass is 9.93. The number of halogens is 2. The van der Waals surface area contributed by atoms with E-state index in [1.54, 1.807) is 0 Å². The Morgan fingerprint density at radius 1 is 1.11 bits per heavy atom. The molecule has 1 aromatic carbocycles. The summed E-state index contributed by atoms with van der Waals surface area (Å²) in [6.45, 7) is 6.42. The summed E-state index contributed by atoms with van der Waals surface area (Å²) in [6.07, 6.45) is 2.36. The summed E-state index contributed by atoms with van der Waals surface area (Å²) < 4.78 is 0. The quantitative estimate of drug-likeness (QED) is 0.785. The van der Waals surface area contributed by atoms with Crippen molar-refractivity contribution in [3.63, 3.8) is 0 Å². The number of amides is 1. The third-order valence-corrected chi connectivity index (χ3v) is 6.19. The third kappa shape index (κ3) is 6.14. The van der Waals surface area contributed by atoms with Crippen molar-refractivity contribution in [2.75, 3.05) is 57.8 Å². The highest BCUT2D eigenvalue weighted by atomic mass is 35.5. The van der Waals surface area contributed by atoms with Gasteiger partial charge in [-0.3, -0.25) is 4.90 Å². The zero-order valence-corrected chi connectivity index (χ0v) is 17.4. The Labute approximate surface area is 171 Å². The van der Waals surface area contributed by atoms with Crippen LogP contribution in [0.2, 0.25) is 10.0 Å². The van der Waals surface area contributed by atoms with Gasteiger partial charge in [0.1, 0.15) is 0 Å². The Morgan fingerprint density at radius 3 is 2.33 bits per heavy atom. The van der Waals surface area contributed by atoms with E-state index in [4.69, 9.17) is 28.3 Å². The van der Waals surface area contributed by atoms with Crippen LogP contribution in [0.25, 0.3) is 0 Å². The Morgan fingerprint density at radius 2 is 1.74 bits per heavy atom. The van der Waals surface area contributed by atoms with Crippen molar-refractivity contribution >= 4 is 35.0 Å². The van der Waals surface area contributed by atoms with Crippen LogP contribution < -0.4 is 10.6 Å². The van der Waals surface area contributed by atoms with Crippen molar-refractivity contribution in [2.24, 2.45) is 11.7 Å². The molecule has 2 aliphatic heterocycles. The monoisotopic (exact) mass is 416 g/mol. The number of rotatable bonds is 4. The summed E-state index contributed by atoms with van der Waals surface area (Å²) in [5.41, 5.74) is 5.52. The molecule has 152 valence electrons. The highest BCUT2D eigenvalue weighted by Gasteiger charge is 2.24. The number of anilines is 1. The summed E-state index contributed by atoms with van der Waals surface area (Å²) in [5.74, 6) is 0.649. The Kier molecular flexibility index (Phi) is 8.96. The number of nitrogens with two attached hydrogens (primary N) is 1. The van der Waals surface area contributed by atoms with Crippen LogP contribution >= 0.6 is 23.2 Å². The topological polar surface area (TPSA) is 73.0 Å². The molecule has 0 saturated carbocycles. The largest absolute Gasteiger partial charge is 0.465 e. The number of hydrogen-bond donors (Lipinski definition) is 2. The maximum absolute atomic E-state index is 11.0. The zero-order chi connectivity index (χ0) is 19.8. The molecule has 27 heavy (non-hydrogen) atoms. The van der Waals surface area contributed by atoms with Crippen molar-refractivity contribution in [1.82, 2.24) is 9.80 Å². The van der Waals surface area contributed by atoms with Gasteiger partial charge in [0.15, 0.2) is 0 Å². The summed E-state index contributed by atoms with van der Waals surface area (Å²) in [7, 11) is 1.50. The molecule has 8 heteroatoms. The molecule has 2 aliphatic rings. The first kappa shape index (κ1) is 22.1. The highest BCUT2D eigenvalue weighted by Crippen LogP contribution is 2.33. The molecule has 0 unspecified atom stereocenters. The fraction of sp³-hybridized carbons (Fsp3) is 0.632. The van der Waals surface area contributed by atoms with Crippen molar-refractivity contribution in [1.29, 1.82) is 0 Å². The first-order valence-corrected chi connectivity index (χ1v) is 10.3. The average molecular weight is 417 g/mol. The Hall–Kier alpha value is -1.21. The number of piperidine rings is 1. The number of benzene rings is 1. The molecule has 1 amide bonds. The molecular formula is C19H30Cl2N4O2. The van der Waals surface area contributed by atoms with Gasteiger partial charge >= 0.3 is 6.09 Å². The second-order valence-electron chi connectivity index (χ2n) is 6.90. The van der Waals surface area contributed by atoms with Gasteiger partial charge in [-0.25, -0.2) is 4.79 Å². The van der Waals surface area contributed by atoms with Crippen LogP contribution in [-0.2, 0) is 0 Å². The second-order valence-corrected chi connectivity index (χ2v) is 7.69. The number of hydrogen-bond acceptors (Lipinski definition) is 4. The molecule has 1 aromatic rings. The highest BCUT2D eigenvalue weighted by molar-refractivity contribution is 6.43. The predicted octanol–water partition coefficient (Wildman–Crippen LogP) is 3.47. The Bertz CT molecular complexity index is 601. The van der Waals surface area contributed by atoms with Crippen LogP contribution in [0, 0.1) is 5.92 Å². The zero-order valence-electron chi connectivity index (χ0n) is 15.9.